The molecule has 0 amide bonds. The summed E-state index contributed by atoms with van der Waals surface area (Å²) in [7, 11) is 0. The van der Waals surface area contributed by atoms with Crippen LogP contribution in [0.3, 0.4) is 0 Å². The molecule has 24 heavy (non-hydrogen) atoms. The van der Waals surface area contributed by atoms with E-state index in [0.717, 1.165) is 0 Å². The Hall–Kier alpha value is -3.58. The summed E-state index contributed by atoms with van der Waals surface area (Å²) < 4.78 is 1.76. The first-order valence-electron chi connectivity index (χ1n) is 7.46. The molecule has 0 aliphatic rings. The molecule has 0 bridgehead atoms. The van der Waals surface area contributed by atoms with Crippen LogP contribution in [0.25, 0.3) is 22.2 Å². The molecule has 0 spiro atoms. The number of fused-ring (bicyclic) bond motifs is 3. The van der Waals surface area contributed by atoms with Gasteiger partial charge in [-0.15, -0.1) is 0 Å². The van der Waals surface area contributed by atoms with Gasteiger partial charge in [0.05, 0.1) is 21.9 Å². The zero-order chi connectivity index (χ0) is 16.7. The molecule has 4 rings (SSSR count). The van der Waals surface area contributed by atoms with Crippen molar-refractivity contribution < 1.29 is 5.11 Å². The van der Waals surface area contributed by atoms with Crippen molar-refractivity contribution in [1.29, 1.82) is 5.26 Å². The number of hydrogen-bond acceptors (Lipinski definition) is 3. The van der Waals surface area contributed by atoms with E-state index >= 15 is 0 Å². The number of aliphatic hydroxyl groups excluding tert-OH is 1. The van der Waals surface area contributed by atoms with E-state index in [4.69, 9.17) is 0 Å². The van der Waals surface area contributed by atoms with Crippen LogP contribution in [-0.4, -0.2) is 9.51 Å². The monoisotopic (exact) mass is 312 g/mol. The smallest absolute Gasteiger partial charge is 0.187 e. The van der Waals surface area contributed by atoms with Gasteiger partial charge in [-0.1, -0.05) is 36.4 Å². The lowest BCUT2D eigenvalue weighted by atomic mass is 10.2. The van der Waals surface area contributed by atoms with E-state index in [1.165, 1.54) is 6.07 Å². The van der Waals surface area contributed by atoms with E-state index < -0.39 is 0 Å². The van der Waals surface area contributed by atoms with Gasteiger partial charge in [-0.25, -0.2) is 0 Å². The van der Waals surface area contributed by atoms with Gasteiger partial charge in [0.15, 0.2) is 5.43 Å². The van der Waals surface area contributed by atoms with Crippen molar-refractivity contribution >= 4 is 22.2 Å². The van der Waals surface area contributed by atoms with Gasteiger partial charge in [0.2, 0.25) is 0 Å². The second-order valence-corrected chi connectivity index (χ2v) is 5.51. The molecular formula is C20H12N2O2. The van der Waals surface area contributed by atoms with Gasteiger partial charge in [-0.3, -0.25) is 4.79 Å². The fourth-order valence-corrected chi connectivity index (χ4v) is 3.01. The predicted octanol–water partition coefficient (Wildman–Crippen LogP) is 2.76. The van der Waals surface area contributed by atoms with Gasteiger partial charge >= 0.3 is 0 Å². The summed E-state index contributed by atoms with van der Waals surface area (Å²) in [6.07, 6.45) is 0. The van der Waals surface area contributed by atoms with Crippen LogP contribution in [0.1, 0.15) is 11.1 Å². The van der Waals surface area contributed by atoms with E-state index in [1.54, 1.807) is 40.8 Å². The molecular weight excluding hydrogens is 300 g/mol. The van der Waals surface area contributed by atoms with Crippen molar-refractivity contribution in [1.82, 2.24) is 4.40 Å². The maximum absolute atomic E-state index is 12.1. The predicted molar refractivity (Wildman–Crippen MR) is 92.7 cm³/mol. The molecule has 4 heteroatoms. The number of pyridine rings is 1. The Morgan fingerprint density at radius 3 is 2.50 bits per heavy atom. The highest BCUT2D eigenvalue weighted by atomic mass is 16.3. The normalized spacial score (nSPS) is 12.3. The lowest BCUT2D eigenvalue weighted by Crippen LogP contribution is -2.15. The lowest BCUT2D eigenvalue weighted by molar-refractivity contribution is 0.505. The molecule has 2 aromatic carbocycles. The summed E-state index contributed by atoms with van der Waals surface area (Å²) in [5.74, 6) is 0.0657. The van der Waals surface area contributed by atoms with Crippen LogP contribution in [0, 0.1) is 11.3 Å². The molecule has 0 aliphatic heterocycles. The van der Waals surface area contributed by atoms with Crippen LogP contribution in [0.4, 0.5) is 0 Å². The Morgan fingerprint density at radius 2 is 1.75 bits per heavy atom. The number of rotatable bonds is 1. The summed E-state index contributed by atoms with van der Waals surface area (Å²) in [5.41, 5.74) is 2.33. The van der Waals surface area contributed by atoms with Crippen molar-refractivity contribution in [2.24, 2.45) is 0 Å². The van der Waals surface area contributed by atoms with Crippen LogP contribution < -0.4 is 10.8 Å². The zero-order valence-electron chi connectivity index (χ0n) is 12.6. The van der Waals surface area contributed by atoms with Crippen molar-refractivity contribution in [3.05, 3.63) is 93.4 Å². The zero-order valence-corrected chi connectivity index (χ0v) is 12.6. The second-order valence-electron chi connectivity index (χ2n) is 5.51. The molecule has 1 N–H and O–H groups in total. The third kappa shape index (κ3) is 1.96. The van der Waals surface area contributed by atoms with Crippen LogP contribution in [-0.2, 0) is 0 Å². The average molecular weight is 312 g/mol. The second kappa shape index (κ2) is 5.25. The molecule has 4 nitrogen and oxygen atoms in total. The van der Waals surface area contributed by atoms with Crippen LogP contribution in [0.2, 0.25) is 0 Å². The third-order valence-corrected chi connectivity index (χ3v) is 4.14. The summed E-state index contributed by atoms with van der Waals surface area (Å²) in [6, 6.07) is 21.4. The van der Waals surface area contributed by atoms with Gasteiger partial charge in [0.1, 0.15) is 11.8 Å². The lowest BCUT2D eigenvalue weighted by Gasteiger charge is -2.05. The highest BCUT2D eigenvalue weighted by Crippen LogP contribution is 2.17. The number of hydrogen-bond donors (Lipinski definition) is 1. The summed E-state index contributed by atoms with van der Waals surface area (Å²) >= 11 is 0. The van der Waals surface area contributed by atoms with Gasteiger partial charge in [0, 0.05) is 10.9 Å². The Bertz CT molecular complexity index is 1230. The van der Waals surface area contributed by atoms with Gasteiger partial charge in [-0.05, 0) is 30.3 Å². The fraction of sp³-hybridized carbons (Fsp3) is 0. The van der Waals surface area contributed by atoms with Crippen molar-refractivity contribution in [2.45, 2.75) is 0 Å². The minimum atomic E-state index is -0.0910. The van der Waals surface area contributed by atoms with Gasteiger partial charge in [0.25, 0.3) is 0 Å². The number of benzene rings is 2. The van der Waals surface area contributed by atoms with E-state index in [2.05, 4.69) is 6.07 Å². The Kier molecular flexibility index (Phi) is 3.07. The molecule has 114 valence electrons. The van der Waals surface area contributed by atoms with E-state index in [-0.39, 0.29) is 11.2 Å². The van der Waals surface area contributed by atoms with Gasteiger partial charge in [-0.2, -0.15) is 5.26 Å². The highest BCUT2D eigenvalue weighted by molar-refractivity contribution is 5.85. The molecule has 2 heterocycles. The molecule has 0 unspecified atom stereocenters. The molecule has 0 saturated heterocycles. The average Bonchev–Trinajstić information content (AvgIpc) is 3.01. The van der Waals surface area contributed by atoms with E-state index in [1.807, 2.05) is 24.3 Å². The molecule has 4 aromatic rings. The first-order chi connectivity index (χ1) is 11.7. The van der Waals surface area contributed by atoms with E-state index in [9.17, 15) is 15.2 Å². The SMILES string of the molecule is N#Cc1c/c(=C(/O)c2ccccc2)n2c1ccc1c(=O)cccc12. The van der Waals surface area contributed by atoms with Crippen molar-refractivity contribution in [3.8, 4) is 6.07 Å². The summed E-state index contributed by atoms with van der Waals surface area (Å²) in [6.45, 7) is 0. The minimum Gasteiger partial charge on any atom is -0.505 e. The standard InChI is InChI=1S/C20H12N2O2/c21-12-14-11-18(20(24)13-5-2-1-3-6-13)22-16(14)10-9-15-17(22)7-4-8-19(15)23/h1-11,24H/b20-18-. The largest absolute Gasteiger partial charge is 0.505 e. The highest BCUT2D eigenvalue weighted by Gasteiger charge is 2.12. The number of aliphatic hydroxyl groups is 1. The maximum atomic E-state index is 12.1. The molecule has 0 fully saturated rings. The van der Waals surface area contributed by atoms with Crippen molar-refractivity contribution in [3.63, 3.8) is 0 Å². The minimum absolute atomic E-state index is 0.0657. The number of nitriles is 1. The van der Waals surface area contributed by atoms with E-state index in [0.29, 0.717) is 32.9 Å². The Morgan fingerprint density at radius 1 is 0.958 bits per heavy atom. The molecule has 0 aliphatic carbocycles. The fourth-order valence-electron chi connectivity index (χ4n) is 3.01. The van der Waals surface area contributed by atoms with Gasteiger partial charge < -0.3 is 9.51 Å². The first-order valence-corrected chi connectivity index (χ1v) is 7.46. The Balaban J connectivity index is 2.28. The first kappa shape index (κ1) is 14.0. The Labute approximate surface area is 137 Å². The molecule has 0 saturated carbocycles. The number of aromatic nitrogens is 1. The molecule has 0 atom stereocenters. The van der Waals surface area contributed by atoms with Crippen LogP contribution in [0.15, 0.2) is 71.5 Å². The van der Waals surface area contributed by atoms with Crippen LogP contribution in [0.5, 0.6) is 0 Å². The summed E-state index contributed by atoms with van der Waals surface area (Å²) in [5, 5.41) is 21.2. The molecule has 0 radical (unpaired) electrons. The van der Waals surface area contributed by atoms with Crippen molar-refractivity contribution in [2.75, 3.05) is 0 Å². The quantitative estimate of drug-likeness (QED) is 0.588. The maximum Gasteiger partial charge on any atom is 0.187 e. The molecule has 2 aromatic heterocycles. The van der Waals surface area contributed by atoms with Crippen LogP contribution >= 0.6 is 0 Å². The number of nitrogens with zero attached hydrogens (tertiary/aromatic N) is 2. The topological polar surface area (TPSA) is 65.5 Å². The summed E-state index contributed by atoms with van der Waals surface area (Å²) in [4.78, 5) is 12.1. The third-order valence-electron chi connectivity index (χ3n) is 4.14.